The van der Waals surface area contributed by atoms with Gasteiger partial charge in [-0.3, -0.25) is 4.98 Å². The molecule has 3 aromatic rings. The van der Waals surface area contributed by atoms with Gasteiger partial charge in [-0.15, -0.1) is 0 Å². The minimum atomic E-state index is -0.409. The number of esters is 1. The maximum atomic E-state index is 11.4. The van der Waals surface area contributed by atoms with Crippen molar-refractivity contribution in [2.75, 3.05) is 6.61 Å². The Morgan fingerprint density at radius 2 is 2.29 bits per heavy atom. The van der Waals surface area contributed by atoms with E-state index in [4.69, 9.17) is 9.15 Å². The fraction of sp³-hybridized carbons (Fsp3) is 0.125. The smallest absolute Gasteiger partial charge is 0.330 e. The predicted molar refractivity (Wildman–Crippen MR) is 78.8 cm³/mol. The van der Waals surface area contributed by atoms with Crippen molar-refractivity contribution in [2.24, 2.45) is 0 Å². The van der Waals surface area contributed by atoms with E-state index >= 15 is 0 Å². The van der Waals surface area contributed by atoms with Gasteiger partial charge in [0, 0.05) is 23.0 Å². The Balaban J connectivity index is 2.19. The number of aromatic nitrogens is 1. The molecular weight excluding hydrogens is 270 g/mol. The maximum absolute atomic E-state index is 11.4. The van der Waals surface area contributed by atoms with Crippen molar-refractivity contribution in [2.45, 2.75) is 6.92 Å². The average Bonchev–Trinajstić information content (AvgIpc) is 2.88. The number of rotatable bonds is 3. The van der Waals surface area contributed by atoms with Gasteiger partial charge in [0.15, 0.2) is 16.9 Å². The van der Waals surface area contributed by atoms with Crippen LogP contribution in [-0.4, -0.2) is 22.7 Å². The minimum absolute atomic E-state index is 0.0504. The molecule has 0 saturated heterocycles. The number of hydrogen-bond acceptors (Lipinski definition) is 5. The first-order valence-corrected chi connectivity index (χ1v) is 6.53. The van der Waals surface area contributed by atoms with E-state index in [-0.39, 0.29) is 5.75 Å². The summed E-state index contributed by atoms with van der Waals surface area (Å²) < 4.78 is 10.5. The van der Waals surface area contributed by atoms with Crippen molar-refractivity contribution in [3.05, 3.63) is 42.2 Å². The lowest BCUT2D eigenvalue weighted by Gasteiger charge is -1.99. The number of carbonyl (C=O) groups is 1. The molecule has 2 heterocycles. The third-order valence-corrected chi connectivity index (χ3v) is 3.12. The van der Waals surface area contributed by atoms with Gasteiger partial charge in [0.05, 0.1) is 12.8 Å². The summed E-state index contributed by atoms with van der Waals surface area (Å²) in [6.45, 7) is 2.08. The molecule has 0 bridgehead atoms. The zero-order valence-corrected chi connectivity index (χ0v) is 11.4. The monoisotopic (exact) mass is 283 g/mol. The van der Waals surface area contributed by atoms with Crippen LogP contribution in [0.3, 0.4) is 0 Å². The van der Waals surface area contributed by atoms with Crippen molar-refractivity contribution in [3.8, 4) is 5.75 Å². The summed E-state index contributed by atoms with van der Waals surface area (Å²) in [7, 11) is 0. The van der Waals surface area contributed by atoms with Gasteiger partial charge < -0.3 is 14.3 Å². The molecule has 0 spiro atoms. The highest BCUT2D eigenvalue weighted by Gasteiger charge is 2.13. The maximum Gasteiger partial charge on any atom is 0.330 e. The van der Waals surface area contributed by atoms with Crippen molar-refractivity contribution in [1.82, 2.24) is 4.98 Å². The van der Waals surface area contributed by atoms with Gasteiger partial charge in [-0.05, 0) is 30.7 Å². The predicted octanol–water partition coefficient (Wildman–Crippen LogP) is 3.26. The Morgan fingerprint density at radius 3 is 3.10 bits per heavy atom. The molecule has 0 unspecified atom stereocenters. The van der Waals surface area contributed by atoms with Crippen molar-refractivity contribution in [1.29, 1.82) is 0 Å². The second-order valence-electron chi connectivity index (χ2n) is 4.44. The molecule has 2 aromatic heterocycles. The highest BCUT2D eigenvalue weighted by molar-refractivity contribution is 6.11. The van der Waals surface area contributed by atoms with Crippen LogP contribution in [-0.2, 0) is 9.53 Å². The molecule has 5 heteroatoms. The van der Waals surface area contributed by atoms with Crippen LogP contribution in [0.25, 0.3) is 28.0 Å². The highest BCUT2D eigenvalue weighted by atomic mass is 16.5. The van der Waals surface area contributed by atoms with Crippen LogP contribution in [0.5, 0.6) is 5.75 Å². The first-order chi connectivity index (χ1) is 10.2. The number of aromatic hydroxyl groups is 1. The summed E-state index contributed by atoms with van der Waals surface area (Å²) in [5.74, 6) is -0.359. The zero-order valence-electron chi connectivity index (χ0n) is 11.4. The molecule has 0 aliphatic rings. The molecular formula is C16H13NO4. The molecule has 0 fully saturated rings. The number of carbonyl (C=O) groups excluding carboxylic acids is 1. The number of phenols is 1. The molecule has 0 radical (unpaired) electrons. The van der Waals surface area contributed by atoms with E-state index in [0.717, 1.165) is 16.3 Å². The van der Waals surface area contributed by atoms with E-state index in [2.05, 4.69) is 4.98 Å². The second kappa shape index (κ2) is 5.28. The van der Waals surface area contributed by atoms with Crippen LogP contribution in [0.4, 0.5) is 0 Å². The topological polar surface area (TPSA) is 72.6 Å². The Labute approximate surface area is 120 Å². The van der Waals surface area contributed by atoms with Gasteiger partial charge >= 0.3 is 5.97 Å². The third-order valence-electron chi connectivity index (χ3n) is 3.12. The summed E-state index contributed by atoms with van der Waals surface area (Å²) in [5, 5.41) is 11.5. The van der Waals surface area contributed by atoms with Crippen LogP contribution < -0.4 is 0 Å². The summed E-state index contributed by atoms with van der Waals surface area (Å²) in [4.78, 5) is 15.4. The number of phenolic OH excluding ortho intramolecular Hbond substituents is 1. The Kier molecular flexibility index (Phi) is 3.31. The van der Waals surface area contributed by atoms with Gasteiger partial charge in [-0.2, -0.15) is 0 Å². The second-order valence-corrected chi connectivity index (χ2v) is 4.44. The van der Waals surface area contributed by atoms with Crippen molar-refractivity contribution >= 4 is 34.0 Å². The summed E-state index contributed by atoms with van der Waals surface area (Å²) in [6.07, 6.45) is 6.25. The van der Waals surface area contributed by atoms with E-state index in [1.165, 1.54) is 12.1 Å². The molecule has 1 N–H and O–H groups in total. The highest BCUT2D eigenvalue weighted by Crippen LogP contribution is 2.36. The molecule has 106 valence electrons. The summed E-state index contributed by atoms with van der Waals surface area (Å²) in [5.41, 5.74) is 1.73. The molecule has 3 rings (SSSR count). The molecule has 0 atom stereocenters. The lowest BCUT2D eigenvalue weighted by Crippen LogP contribution is -1.98. The third kappa shape index (κ3) is 2.33. The SMILES string of the molecule is CCOC(=O)/C=C/c1ccc(O)c2oc3cnccc3c12. The molecule has 1 aromatic carbocycles. The van der Waals surface area contributed by atoms with E-state index in [0.29, 0.717) is 17.8 Å². The number of furan rings is 1. The normalized spacial score (nSPS) is 11.5. The fourth-order valence-corrected chi connectivity index (χ4v) is 2.23. The molecule has 0 aliphatic heterocycles. The van der Waals surface area contributed by atoms with Crippen LogP contribution >= 0.6 is 0 Å². The number of ether oxygens (including phenoxy) is 1. The van der Waals surface area contributed by atoms with E-state index < -0.39 is 5.97 Å². The largest absolute Gasteiger partial charge is 0.504 e. The van der Waals surface area contributed by atoms with Gasteiger partial charge in [-0.1, -0.05) is 6.07 Å². The number of pyridine rings is 1. The van der Waals surface area contributed by atoms with Crippen LogP contribution in [0.2, 0.25) is 0 Å². The van der Waals surface area contributed by atoms with Crippen molar-refractivity contribution in [3.63, 3.8) is 0 Å². The molecule has 0 aliphatic carbocycles. The molecule has 0 saturated carbocycles. The number of benzene rings is 1. The lowest BCUT2D eigenvalue weighted by molar-refractivity contribution is -0.137. The van der Waals surface area contributed by atoms with Crippen LogP contribution in [0, 0.1) is 0 Å². The average molecular weight is 283 g/mol. The Morgan fingerprint density at radius 1 is 1.43 bits per heavy atom. The number of nitrogens with zero attached hydrogens (tertiary/aromatic N) is 1. The fourth-order valence-electron chi connectivity index (χ4n) is 2.23. The van der Waals surface area contributed by atoms with E-state index in [1.54, 1.807) is 31.5 Å². The molecule has 0 amide bonds. The lowest BCUT2D eigenvalue weighted by atomic mass is 10.1. The molecule has 5 nitrogen and oxygen atoms in total. The van der Waals surface area contributed by atoms with Gasteiger partial charge in [0.2, 0.25) is 0 Å². The first-order valence-electron chi connectivity index (χ1n) is 6.53. The van der Waals surface area contributed by atoms with Gasteiger partial charge in [-0.25, -0.2) is 4.79 Å². The number of fused-ring (bicyclic) bond motifs is 3. The van der Waals surface area contributed by atoms with Crippen LogP contribution in [0.1, 0.15) is 12.5 Å². The molecule has 21 heavy (non-hydrogen) atoms. The number of hydrogen-bond donors (Lipinski definition) is 1. The van der Waals surface area contributed by atoms with E-state index in [1.807, 2.05) is 6.07 Å². The van der Waals surface area contributed by atoms with Gasteiger partial charge in [0.1, 0.15) is 0 Å². The Bertz CT molecular complexity index is 848. The van der Waals surface area contributed by atoms with E-state index in [9.17, 15) is 9.90 Å². The van der Waals surface area contributed by atoms with Gasteiger partial charge in [0.25, 0.3) is 0 Å². The summed E-state index contributed by atoms with van der Waals surface area (Å²) in [6, 6.07) is 5.06. The Hall–Kier alpha value is -2.82. The minimum Gasteiger partial charge on any atom is -0.504 e. The standard InChI is InChI=1S/C16H13NO4/c1-2-20-14(19)6-4-10-3-5-12(18)16-15(10)11-7-8-17-9-13(11)21-16/h3-9,18H,2H2,1H3/b6-4+. The van der Waals surface area contributed by atoms with Crippen molar-refractivity contribution < 1.29 is 19.1 Å². The zero-order chi connectivity index (χ0) is 14.8. The summed E-state index contributed by atoms with van der Waals surface area (Å²) >= 11 is 0. The van der Waals surface area contributed by atoms with Crippen LogP contribution in [0.15, 0.2) is 41.1 Å². The first kappa shape index (κ1) is 13.2. The quantitative estimate of drug-likeness (QED) is 0.590.